The van der Waals surface area contributed by atoms with Crippen LogP contribution >= 0.6 is 0 Å². The van der Waals surface area contributed by atoms with Crippen molar-refractivity contribution in [2.45, 2.75) is 39.8 Å². The molecule has 1 fully saturated rings. The molecule has 170 valence electrons. The molecular formula is C21H36N4O4S. The number of aliphatic imine (C=N–C) groups is 1. The molecule has 1 heterocycles. The maximum absolute atomic E-state index is 11.7. The Morgan fingerprint density at radius 2 is 2.00 bits per heavy atom. The number of nitrogens with one attached hydrogen (secondary N) is 2. The van der Waals surface area contributed by atoms with Gasteiger partial charge in [0.25, 0.3) is 0 Å². The van der Waals surface area contributed by atoms with Gasteiger partial charge < -0.3 is 25.0 Å². The molecule has 1 atom stereocenters. The van der Waals surface area contributed by atoms with Crippen LogP contribution < -0.4 is 20.1 Å². The van der Waals surface area contributed by atoms with Crippen LogP contribution in [-0.2, 0) is 16.4 Å². The number of sulfone groups is 1. The highest BCUT2D eigenvalue weighted by Crippen LogP contribution is 2.28. The molecule has 0 spiro atoms. The lowest BCUT2D eigenvalue weighted by molar-refractivity contribution is 0.217. The van der Waals surface area contributed by atoms with Crippen molar-refractivity contribution in [2.75, 3.05) is 51.4 Å². The summed E-state index contributed by atoms with van der Waals surface area (Å²) in [6, 6.07) is 5.72. The van der Waals surface area contributed by atoms with Crippen molar-refractivity contribution in [3.05, 3.63) is 23.8 Å². The highest BCUT2D eigenvalue weighted by atomic mass is 32.2. The van der Waals surface area contributed by atoms with Crippen molar-refractivity contribution in [2.24, 2.45) is 4.99 Å². The average Bonchev–Trinajstić information content (AvgIpc) is 3.08. The van der Waals surface area contributed by atoms with Gasteiger partial charge in [0.15, 0.2) is 27.3 Å². The second-order valence-electron chi connectivity index (χ2n) is 7.30. The van der Waals surface area contributed by atoms with E-state index in [2.05, 4.69) is 34.4 Å². The lowest BCUT2D eigenvalue weighted by Crippen LogP contribution is -2.44. The first-order chi connectivity index (χ1) is 14.4. The van der Waals surface area contributed by atoms with Crippen molar-refractivity contribution in [3.8, 4) is 11.5 Å². The molecular weight excluding hydrogens is 404 g/mol. The molecule has 9 heteroatoms. The molecule has 0 aromatic heterocycles. The Balaban J connectivity index is 1.98. The molecule has 0 radical (unpaired) electrons. The smallest absolute Gasteiger partial charge is 0.191 e. The fourth-order valence-corrected chi connectivity index (χ4v) is 5.02. The normalized spacial score (nSPS) is 18.4. The Bertz CT molecular complexity index is 794. The Hall–Kier alpha value is -2.00. The SMILES string of the molecule is CCNC(=NCc1ccc(OCCN(CC)CC)c(OC)c1)NC1CCS(=O)(=O)C1. The summed E-state index contributed by atoms with van der Waals surface area (Å²) < 4.78 is 34.8. The van der Waals surface area contributed by atoms with Gasteiger partial charge in [-0.15, -0.1) is 0 Å². The van der Waals surface area contributed by atoms with Crippen LogP contribution in [0.1, 0.15) is 32.8 Å². The Morgan fingerprint density at radius 3 is 2.60 bits per heavy atom. The standard InChI is InChI=1S/C21H36N4O4S/c1-5-22-21(24-18-10-13-30(26,27)16-18)23-15-17-8-9-19(20(14-17)28-4)29-12-11-25(6-2)7-3/h8-9,14,18H,5-7,10-13,15-16H2,1-4H3,(H2,22,23,24). The predicted molar refractivity (Wildman–Crippen MR) is 121 cm³/mol. The lowest BCUT2D eigenvalue weighted by atomic mass is 10.2. The van der Waals surface area contributed by atoms with Gasteiger partial charge in [0.05, 0.1) is 25.2 Å². The summed E-state index contributed by atoms with van der Waals surface area (Å²) in [5.41, 5.74) is 0.985. The van der Waals surface area contributed by atoms with Gasteiger partial charge in [0.1, 0.15) is 6.61 Å². The predicted octanol–water partition coefficient (Wildman–Crippen LogP) is 1.66. The van der Waals surface area contributed by atoms with Crippen molar-refractivity contribution >= 4 is 15.8 Å². The summed E-state index contributed by atoms with van der Waals surface area (Å²) in [5.74, 6) is 2.42. The van der Waals surface area contributed by atoms with E-state index >= 15 is 0 Å². The van der Waals surface area contributed by atoms with Gasteiger partial charge in [0, 0.05) is 19.1 Å². The van der Waals surface area contributed by atoms with Crippen LogP contribution in [0.3, 0.4) is 0 Å². The summed E-state index contributed by atoms with van der Waals surface area (Å²) in [4.78, 5) is 6.91. The molecule has 1 aromatic rings. The molecule has 0 saturated carbocycles. The third-order valence-corrected chi connectivity index (χ3v) is 6.89. The van der Waals surface area contributed by atoms with Crippen LogP contribution in [0.2, 0.25) is 0 Å². The number of methoxy groups -OCH3 is 1. The molecule has 1 aliphatic heterocycles. The van der Waals surface area contributed by atoms with Gasteiger partial charge in [-0.25, -0.2) is 13.4 Å². The van der Waals surface area contributed by atoms with E-state index in [0.29, 0.717) is 37.8 Å². The highest BCUT2D eigenvalue weighted by molar-refractivity contribution is 7.91. The molecule has 1 unspecified atom stereocenters. The van der Waals surface area contributed by atoms with Crippen LogP contribution in [0.25, 0.3) is 0 Å². The van der Waals surface area contributed by atoms with E-state index in [1.165, 1.54) is 0 Å². The zero-order valence-electron chi connectivity index (χ0n) is 18.6. The minimum absolute atomic E-state index is 0.0936. The monoisotopic (exact) mass is 440 g/mol. The molecule has 2 N–H and O–H groups in total. The second-order valence-corrected chi connectivity index (χ2v) is 9.53. The first kappa shape index (κ1) is 24.3. The molecule has 0 bridgehead atoms. The van der Waals surface area contributed by atoms with E-state index in [1.807, 2.05) is 25.1 Å². The van der Waals surface area contributed by atoms with Crippen LogP contribution in [0, 0.1) is 0 Å². The van der Waals surface area contributed by atoms with Crippen LogP contribution in [0.15, 0.2) is 23.2 Å². The number of rotatable bonds is 11. The molecule has 8 nitrogen and oxygen atoms in total. The topological polar surface area (TPSA) is 92.3 Å². The zero-order chi connectivity index (χ0) is 22.0. The fraction of sp³-hybridized carbons (Fsp3) is 0.667. The van der Waals surface area contributed by atoms with Gasteiger partial charge in [-0.3, -0.25) is 0 Å². The molecule has 30 heavy (non-hydrogen) atoms. The van der Waals surface area contributed by atoms with E-state index in [4.69, 9.17) is 9.47 Å². The lowest BCUT2D eigenvalue weighted by Gasteiger charge is -2.19. The Labute approximate surface area is 181 Å². The van der Waals surface area contributed by atoms with E-state index in [0.717, 1.165) is 30.9 Å². The summed E-state index contributed by atoms with van der Waals surface area (Å²) in [7, 11) is -1.30. The average molecular weight is 441 g/mol. The van der Waals surface area contributed by atoms with Crippen LogP contribution in [0.5, 0.6) is 11.5 Å². The minimum atomic E-state index is -2.93. The van der Waals surface area contributed by atoms with Crippen molar-refractivity contribution in [3.63, 3.8) is 0 Å². The van der Waals surface area contributed by atoms with E-state index in [1.54, 1.807) is 7.11 Å². The van der Waals surface area contributed by atoms with E-state index in [9.17, 15) is 8.42 Å². The fourth-order valence-electron chi connectivity index (χ4n) is 3.35. The second kappa shape index (κ2) is 12.0. The largest absolute Gasteiger partial charge is 0.493 e. The summed E-state index contributed by atoms with van der Waals surface area (Å²) in [6.45, 7) is 10.9. The maximum atomic E-state index is 11.7. The number of likely N-dealkylation sites (N-methyl/N-ethyl adjacent to an activating group) is 1. The molecule has 0 aliphatic carbocycles. The highest BCUT2D eigenvalue weighted by Gasteiger charge is 2.28. The molecule has 1 aromatic carbocycles. The van der Waals surface area contributed by atoms with E-state index < -0.39 is 9.84 Å². The third-order valence-electron chi connectivity index (χ3n) is 5.12. The van der Waals surface area contributed by atoms with Crippen molar-refractivity contribution < 1.29 is 17.9 Å². The van der Waals surface area contributed by atoms with E-state index in [-0.39, 0.29) is 17.5 Å². The zero-order valence-corrected chi connectivity index (χ0v) is 19.4. The number of benzene rings is 1. The van der Waals surface area contributed by atoms with Crippen LogP contribution in [-0.4, -0.2) is 76.7 Å². The quantitative estimate of drug-likeness (QED) is 0.399. The Morgan fingerprint density at radius 1 is 1.23 bits per heavy atom. The third kappa shape index (κ3) is 7.68. The number of nitrogens with zero attached hydrogens (tertiary/aromatic N) is 2. The van der Waals surface area contributed by atoms with Gasteiger partial charge >= 0.3 is 0 Å². The van der Waals surface area contributed by atoms with Gasteiger partial charge in [-0.2, -0.15) is 0 Å². The summed E-state index contributed by atoms with van der Waals surface area (Å²) in [6.07, 6.45) is 0.611. The maximum Gasteiger partial charge on any atom is 0.191 e. The molecule has 0 amide bonds. The number of guanidine groups is 1. The Kier molecular flexibility index (Phi) is 9.71. The summed E-state index contributed by atoms with van der Waals surface area (Å²) in [5, 5.41) is 6.41. The minimum Gasteiger partial charge on any atom is -0.493 e. The van der Waals surface area contributed by atoms with Gasteiger partial charge in [0.2, 0.25) is 0 Å². The molecule has 1 aliphatic rings. The molecule has 2 rings (SSSR count). The van der Waals surface area contributed by atoms with Crippen LogP contribution in [0.4, 0.5) is 0 Å². The van der Waals surface area contributed by atoms with Gasteiger partial charge in [-0.05, 0) is 44.1 Å². The van der Waals surface area contributed by atoms with Crippen molar-refractivity contribution in [1.82, 2.24) is 15.5 Å². The van der Waals surface area contributed by atoms with Crippen molar-refractivity contribution in [1.29, 1.82) is 0 Å². The number of hydrogen-bond acceptors (Lipinski definition) is 6. The number of ether oxygens (including phenoxy) is 2. The first-order valence-corrected chi connectivity index (χ1v) is 12.5. The molecule has 1 saturated heterocycles. The first-order valence-electron chi connectivity index (χ1n) is 10.7. The number of hydrogen-bond donors (Lipinski definition) is 2. The van der Waals surface area contributed by atoms with Gasteiger partial charge in [-0.1, -0.05) is 19.9 Å². The summed E-state index contributed by atoms with van der Waals surface area (Å²) >= 11 is 0.